The van der Waals surface area contributed by atoms with E-state index in [1.165, 1.54) is 27.1 Å². The first-order valence-electron chi connectivity index (χ1n) is 17.3. The highest BCUT2D eigenvalue weighted by Gasteiger charge is 2.25. The molecule has 9 aromatic rings. The standard InChI is InChI=1S/C47H31N3O/c1-2-12-32(13-3-1)39-19-9-21-41-43(39)44-40(20-10-22-42(44)51-41)47-49-45(48-46(50-47)36-28-23-30-11-4-5-15-35(30)29-36)34-26-24-33(25-27-34)38-18-8-16-31-14-6-7-17-37(31)38/h1-29,46H,(H,48,49,50). The van der Waals surface area contributed by atoms with Gasteiger partial charge in [0.05, 0.1) is 0 Å². The van der Waals surface area contributed by atoms with Crippen LogP contribution in [0.4, 0.5) is 0 Å². The van der Waals surface area contributed by atoms with Crippen molar-refractivity contribution < 1.29 is 4.42 Å². The van der Waals surface area contributed by atoms with E-state index in [-0.39, 0.29) is 6.17 Å². The van der Waals surface area contributed by atoms with Gasteiger partial charge in [-0.3, -0.25) is 0 Å². The van der Waals surface area contributed by atoms with Gasteiger partial charge >= 0.3 is 0 Å². The molecule has 0 fully saturated rings. The van der Waals surface area contributed by atoms with Gasteiger partial charge in [0.25, 0.3) is 0 Å². The Bertz CT molecular complexity index is 2820. The van der Waals surface area contributed by atoms with Gasteiger partial charge in [0.1, 0.15) is 23.2 Å². The molecule has 0 saturated carbocycles. The van der Waals surface area contributed by atoms with Gasteiger partial charge in [0.2, 0.25) is 0 Å². The number of furan rings is 1. The van der Waals surface area contributed by atoms with E-state index >= 15 is 0 Å². The molecule has 1 aliphatic heterocycles. The number of aliphatic imine (C=N–C) groups is 2. The summed E-state index contributed by atoms with van der Waals surface area (Å²) in [5.74, 6) is 1.44. The molecular weight excluding hydrogens is 623 g/mol. The van der Waals surface area contributed by atoms with E-state index < -0.39 is 0 Å². The van der Waals surface area contributed by atoms with E-state index in [0.717, 1.165) is 61.2 Å². The Labute approximate surface area is 295 Å². The molecule has 0 aliphatic carbocycles. The highest BCUT2D eigenvalue weighted by molar-refractivity contribution is 6.24. The van der Waals surface area contributed by atoms with Gasteiger partial charge in [0, 0.05) is 21.9 Å². The number of hydrogen-bond acceptors (Lipinski definition) is 4. The van der Waals surface area contributed by atoms with Crippen molar-refractivity contribution in [3.63, 3.8) is 0 Å². The summed E-state index contributed by atoms with van der Waals surface area (Å²) in [4.78, 5) is 10.5. The third-order valence-corrected chi connectivity index (χ3v) is 9.94. The summed E-state index contributed by atoms with van der Waals surface area (Å²) >= 11 is 0. The third-order valence-electron chi connectivity index (χ3n) is 9.94. The van der Waals surface area contributed by atoms with E-state index in [1.807, 2.05) is 24.3 Å². The van der Waals surface area contributed by atoms with Crippen molar-refractivity contribution in [2.75, 3.05) is 0 Å². The van der Waals surface area contributed by atoms with Crippen LogP contribution >= 0.6 is 0 Å². The predicted octanol–water partition coefficient (Wildman–Crippen LogP) is 11.7. The Hall–Kier alpha value is -6.78. The highest BCUT2D eigenvalue weighted by atomic mass is 16.3. The van der Waals surface area contributed by atoms with Crippen molar-refractivity contribution in [2.24, 2.45) is 9.98 Å². The van der Waals surface area contributed by atoms with Crippen molar-refractivity contribution in [1.82, 2.24) is 5.32 Å². The summed E-state index contributed by atoms with van der Waals surface area (Å²) in [5.41, 5.74) is 9.29. The van der Waals surface area contributed by atoms with E-state index in [2.05, 4.69) is 157 Å². The lowest BCUT2D eigenvalue weighted by Crippen LogP contribution is -2.33. The van der Waals surface area contributed by atoms with Gasteiger partial charge < -0.3 is 9.73 Å². The Morgan fingerprint density at radius 2 is 1.06 bits per heavy atom. The molecule has 51 heavy (non-hydrogen) atoms. The predicted molar refractivity (Wildman–Crippen MR) is 211 cm³/mol. The minimum Gasteiger partial charge on any atom is -0.456 e. The summed E-state index contributed by atoms with van der Waals surface area (Å²) in [6.45, 7) is 0. The molecule has 0 spiro atoms. The normalized spacial score (nSPS) is 14.5. The van der Waals surface area contributed by atoms with Crippen LogP contribution in [0.5, 0.6) is 0 Å². The molecule has 4 heteroatoms. The largest absolute Gasteiger partial charge is 0.456 e. The zero-order valence-corrected chi connectivity index (χ0v) is 27.6. The van der Waals surface area contributed by atoms with Gasteiger partial charge in [-0.1, -0.05) is 158 Å². The summed E-state index contributed by atoms with van der Waals surface area (Å²) in [6, 6.07) is 61.6. The molecule has 1 unspecified atom stereocenters. The summed E-state index contributed by atoms with van der Waals surface area (Å²) in [6.07, 6.45) is -0.350. The molecule has 4 nitrogen and oxygen atoms in total. The number of nitrogens with zero attached hydrogens (tertiary/aromatic N) is 2. The molecule has 10 rings (SSSR count). The average molecular weight is 654 g/mol. The molecule has 0 radical (unpaired) electrons. The second kappa shape index (κ2) is 12.0. The molecule has 1 aliphatic rings. The summed E-state index contributed by atoms with van der Waals surface area (Å²) < 4.78 is 6.49. The van der Waals surface area contributed by atoms with Crippen LogP contribution in [-0.2, 0) is 0 Å². The number of rotatable bonds is 5. The van der Waals surface area contributed by atoms with E-state index in [1.54, 1.807) is 0 Å². The smallest absolute Gasteiger partial charge is 0.159 e. The fraction of sp³-hybridized carbons (Fsp3) is 0.0213. The van der Waals surface area contributed by atoms with Crippen molar-refractivity contribution in [3.8, 4) is 22.3 Å². The zero-order chi connectivity index (χ0) is 33.7. The second-order valence-electron chi connectivity index (χ2n) is 13.0. The molecule has 1 atom stereocenters. The lowest BCUT2D eigenvalue weighted by atomic mass is 9.96. The fourth-order valence-corrected chi connectivity index (χ4v) is 7.46. The quantitative estimate of drug-likeness (QED) is 0.201. The molecular formula is C47H31N3O. The van der Waals surface area contributed by atoms with Gasteiger partial charge in [-0.2, -0.15) is 0 Å². The average Bonchev–Trinajstić information content (AvgIpc) is 3.60. The Balaban J connectivity index is 1.14. The lowest BCUT2D eigenvalue weighted by Gasteiger charge is -2.24. The number of benzene rings is 8. The Morgan fingerprint density at radius 3 is 1.88 bits per heavy atom. The van der Waals surface area contributed by atoms with Crippen LogP contribution in [0.1, 0.15) is 22.9 Å². The Kier molecular flexibility index (Phi) is 6.85. The number of amidine groups is 2. The van der Waals surface area contributed by atoms with E-state index in [0.29, 0.717) is 5.84 Å². The van der Waals surface area contributed by atoms with Crippen molar-refractivity contribution >= 4 is 55.2 Å². The highest BCUT2D eigenvalue weighted by Crippen LogP contribution is 2.39. The maximum absolute atomic E-state index is 6.49. The van der Waals surface area contributed by atoms with Crippen LogP contribution in [0.3, 0.4) is 0 Å². The molecule has 8 aromatic carbocycles. The molecule has 2 heterocycles. The molecule has 0 amide bonds. The van der Waals surface area contributed by atoms with E-state index in [9.17, 15) is 0 Å². The van der Waals surface area contributed by atoms with Crippen molar-refractivity contribution in [1.29, 1.82) is 0 Å². The maximum Gasteiger partial charge on any atom is 0.159 e. The number of hydrogen-bond donors (Lipinski definition) is 1. The molecule has 0 saturated heterocycles. The fourth-order valence-electron chi connectivity index (χ4n) is 7.46. The van der Waals surface area contributed by atoms with Gasteiger partial charge in [-0.05, 0) is 67.6 Å². The topological polar surface area (TPSA) is 49.9 Å². The van der Waals surface area contributed by atoms with Gasteiger partial charge in [0.15, 0.2) is 5.84 Å². The van der Waals surface area contributed by atoms with Crippen molar-refractivity contribution in [2.45, 2.75) is 6.17 Å². The van der Waals surface area contributed by atoms with Crippen LogP contribution in [0.2, 0.25) is 0 Å². The molecule has 0 bridgehead atoms. The van der Waals surface area contributed by atoms with Crippen molar-refractivity contribution in [3.05, 3.63) is 193 Å². The van der Waals surface area contributed by atoms with Gasteiger partial charge in [-0.15, -0.1) is 0 Å². The first-order valence-corrected chi connectivity index (χ1v) is 17.3. The number of fused-ring (bicyclic) bond motifs is 5. The van der Waals surface area contributed by atoms with Crippen LogP contribution < -0.4 is 5.32 Å². The van der Waals surface area contributed by atoms with E-state index in [4.69, 9.17) is 14.4 Å². The first kappa shape index (κ1) is 29.2. The minimum atomic E-state index is -0.350. The van der Waals surface area contributed by atoms with Gasteiger partial charge in [-0.25, -0.2) is 9.98 Å². The SMILES string of the molecule is c1ccc(-c2cccc3oc4cccc(C5=NC(c6ccc(-c7cccc8ccccc78)cc6)=NC(c6ccc7ccccc7c6)N5)c4c23)cc1. The minimum absolute atomic E-state index is 0.350. The molecule has 240 valence electrons. The van der Waals surface area contributed by atoms with Crippen LogP contribution in [-0.4, -0.2) is 11.7 Å². The Morgan fingerprint density at radius 1 is 0.451 bits per heavy atom. The first-order chi connectivity index (χ1) is 25.3. The monoisotopic (exact) mass is 653 g/mol. The van der Waals surface area contributed by atoms with Crippen LogP contribution in [0.15, 0.2) is 190 Å². The summed E-state index contributed by atoms with van der Waals surface area (Å²) in [7, 11) is 0. The molecule has 1 N–H and O–H groups in total. The lowest BCUT2D eigenvalue weighted by molar-refractivity contribution is 0.668. The maximum atomic E-state index is 6.49. The second-order valence-corrected chi connectivity index (χ2v) is 13.0. The summed E-state index contributed by atoms with van der Waals surface area (Å²) in [5, 5.41) is 10.7. The van der Waals surface area contributed by atoms with Crippen LogP contribution in [0.25, 0.3) is 65.7 Å². The number of nitrogens with one attached hydrogen (secondary N) is 1. The zero-order valence-electron chi connectivity index (χ0n) is 27.6. The third kappa shape index (κ3) is 5.08. The molecule has 1 aromatic heterocycles. The van der Waals surface area contributed by atoms with Crippen LogP contribution in [0, 0.1) is 0 Å².